The summed E-state index contributed by atoms with van der Waals surface area (Å²) in [6.07, 6.45) is 4.31. The lowest BCUT2D eigenvalue weighted by Crippen LogP contribution is -2.14. The summed E-state index contributed by atoms with van der Waals surface area (Å²) < 4.78 is 1.49. The summed E-state index contributed by atoms with van der Waals surface area (Å²) in [5, 5.41) is 6.75. The van der Waals surface area contributed by atoms with Crippen LogP contribution in [0, 0.1) is 13.8 Å². The van der Waals surface area contributed by atoms with Gasteiger partial charge in [0.2, 0.25) is 0 Å². The van der Waals surface area contributed by atoms with E-state index in [-0.39, 0.29) is 5.91 Å². The van der Waals surface area contributed by atoms with Gasteiger partial charge in [-0.15, -0.1) is 0 Å². The maximum Gasteiger partial charge on any atom is 0.256 e. The van der Waals surface area contributed by atoms with Crippen LogP contribution in [0.2, 0.25) is 0 Å². The molecule has 0 spiro atoms. The van der Waals surface area contributed by atoms with Crippen LogP contribution < -0.4 is 5.32 Å². The Bertz CT molecular complexity index is 792. The molecule has 0 saturated carbocycles. The first-order valence-electron chi connectivity index (χ1n) is 6.68. The molecular formula is C15H14N6O. The quantitative estimate of drug-likeness (QED) is 0.797. The summed E-state index contributed by atoms with van der Waals surface area (Å²) in [6, 6.07) is 7.32. The number of hydrogen-bond donors (Lipinski definition) is 1. The molecule has 1 aromatic carbocycles. The minimum Gasteiger partial charge on any atom is -0.306 e. The SMILES string of the molecule is Cc1cc(C)cc(C(=O)Nc2cc(-n3cncn3)ncn2)c1. The highest BCUT2D eigenvalue weighted by atomic mass is 16.1. The van der Waals surface area contributed by atoms with E-state index in [0.717, 1.165) is 11.1 Å². The Hall–Kier alpha value is -3.09. The van der Waals surface area contributed by atoms with Crippen LogP contribution in [0.5, 0.6) is 0 Å². The summed E-state index contributed by atoms with van der Waals surface area (Å²) in [5.41, 5.74) is 2.67. The molecule has 0 saturated heterocycles. The fourth-order valence-corrected chi connectivity index (χ4v) is 2.16. The average Bonchev–Trinajstić information content (AvgIpc) is 3.00. The Balaban J connectivity index is 1.84. The largest absolute Gasteiger partial charge is 0.306 e. The molecule has 0 aliphatic carbocycles. The van der Waals surface area contributed by atoms with E-state index >= 15 is 0 Å². The van der Waals surface area contributed by atoms with E-state index in [1.54, 1.807) is 6.07 Å². The Morgan fingerprint density at radius 3 is 2.50 bits per heavy atom. The zero-order valence-electron chi connectivity index (χ0n) is 12.2. The van der Waals surface area contributed by atoms with Crippen LogP contribution >= 0.6 is 0 Å². The second-order valence-electron chi connectivity index (χ2n) is 4.93. The monoisotopic (exact) mass is 294 g/mol. The number of rotatable bonds is 3. The van der Waals surface area contributed by atoms with Gasteiger partial charge in [0.05, 0.1) is 0 Å². The van der Waals surface area contributed by atoms with Gasteiger partial charge in [-0.1, -0.05) is 17.2 Å². The van der Waals surface area contributed by atoms with Gasteiger partial charge in [0, 0.05) is 11.6 Å². The molecule has 2 aromatic heterocycles. The van der Waals surface area contributed by atoms with E-state index in [2.05, 4.69) is 25.4 Å². The van der Waals surface area contributed by atoms with Crippen molar-refractivity contribution >= 4 is 11.7 Å². The molecule has 0 aliphatic rings. The van der Waals surface area contributed by atoms with Crippen LogP contribution in [0.1, 0.15) is 21.5 Å². The fraction of sp³-hybridized carbons (Fsp3) is 0.133. The number of carbonyl (C=O) groups excluding carboxylic acids is 1. The number of amides is 1. The number of benzene rings is 1. The summed E-state index contributed by atoms with van der Waals surface area (Å²) in [6.45, 7) is 3.91. The van der Waals surface area contributed by atoms with Gasteiger partial charge in [-0.2, -0.15) is 5.10 Å². The zero-order chi connectivity index (χ0) is 15.5. The number of carbonyl (C=O) groups is 1. The average molecular weight is 294 g/mol. The van der Waals surface area contributed by atoms with E-state index in [4.69, 9.17) is 0 Å². The van der Waals surface area contributed by atoms with Crippen molar-refractivity contribution in [3.63, 3.8) is 0 Å². The summed E-state index contributed by atoms with van der Waals surface area (Å²) in [7, 11) is 0. The number of nitrogens with zero attached hydrogens (tertiary/aromatic N) is 5. The van der Waals surface area contributed by atoms with Gasteiger partial charge in [0.25, 0.3) is 5.91 Å². The molecule has 0 unspecified atom stereocenters. The standard InChI is InChI=1S/C15H14N6O/c1-10-3-11(2)5-12(4-10)15(22)20-13-6-14(18-8-17-13)21-9-16-7-19-21/h3-9H,1-2H3,(H,17,18,20,22). The maximum atomic E-state index is 12.3. The van der Waals surface area contributed by atoms with E-state index in [1.165, 1.54) is 23.7 Å². The minimum absolute atomic E-state index is 0.213. The van der Waals surface area contributed by atoms with Gasteiger partial charge < -0.3 is 5.32 Å². The molecule has 0 aliphatic heterocycles. The number of nitrogens with one attached hydrogen (secondary N) is 1. The molecular weight excluding hydrogens is 280 g/mol. The van der Waals surface area contributed by atoms with Gasteiger partial charge in [-0.25, -0.2) is 19.6 Å². The Kier molecular flexibility index (Phi) is 3.61. The molecule has 22 heavy (non-hydrogen) atoms. The topological polar surface area (TPSA) is 85.6 Å². The van der Waals surface area contributed by atoms with Gasteiger partial charge in [0.15, 0.2) is 5.82 Å². The van der Waals surface area contributed by atoms with Crippen LogP contribution in [-0.2, 0) is 0 Å². The van der Waals surface area contributed by atoms with Crippen LogP contribution in [0.15, 0.2) is 43.2 Å². The smallest absolute Gasteiger partial charge is 0.256 e. The Labute approximate surface area is 127 Å². The molecule has 0 atom stereocenters. The third-order valence-corrected chi connectivity index (χ3v) is 3.03. The molecule has 1 N–H and O–H groups in total. The number of hydrogen-bond acceptors (Lipinski definition) is 5. The molecule has 0 fully saturated rings. The molecule has 0 bridgehead atoms. The predicted molar refractivity (Wildman–Crippen MR) is 80.8 cm³/mol. The van der Waals surface area contributed by atoms with Gasteiger partial charge in [-0.05, 0) is 26.0 Å². The van der Waals surface area contributed by atoms with Crippen molar-refractivity contribution in [3.8, 4) is 5.82 Å². The van der Waals surface area contributed by atoms with Crippen molar-refractivity contribution in [2.24, 2.45) is 0 Å². The third kappa shape index (κ3) is 2.98. The molecule has 7 heteroatoms. The lowest BCUT2D eigenvalue weighted by atomic mass is 10.1. The molecule has 2 heterocycles. The van der Waals surface area contributed by atoms with Crippen LogP contribution in [0.3, 0.4) is 0 Å². The first-order chi connectivity index (χ1) is 10.6. The highest BCUT2D eigenvalue weighted by Gasteiger charge is 2.09. The van der Waals surface area contributed by atoms with Crippen LogP contribution in [0.25, 0.3) is 5.82 Å². The van der Waals surface area contributed by atoms with Crippen molar-refractivity contribution in [3.05, 3.63) is 59.9 Å². The molecule has 7 nitrogen and oxygen atoms in total. The second kappa shape index (κ2) is 5.72. The summed E-state index contributed by atoms with van der Waals surface area (Å²) in [4.78, 5) is 24.3. The maximum absolute atomic E-state index is 12.3. The molecule has 110 valence electrons. The predicted octanol–water partition coefficient (Wildman–Crippen LogP) is 1.93. The molecule has 0 radical (unpaired) electrons. The van der Waals surface area contributed by atoms with Gasteiger partial charge in [0.1, 0.15) is 24.8 Å². The molecule has 1 amide bonds. The van der Waals surface area contributed by atoms with Crippen molar-refractivity contribution < 1.29 is 4.79 Å². The van der Waals surface area contributed by atoms with Crippen LogP contribution in [-0.4, -0.2) is 30.6 Å². The Morgan fingerprint density at radius 1 is 1.05 bits per heavy atom. The number of anilines is 1. The molecule has 3 aromatic rings. The highest BCUT2D eigenvalue weighted by Crippen LogP contribution is 2.12. The van der Waals surface area contributed by atoms with E-state index in [9.17, 15) is 4.79 Å². The number of aromatic nitrogens is 5. The van der Waals surface area contributed by atoms with E-state index < -0.39 is 0 Å². The zero-order valence-corrected chi connectivity index (χ0v) is 12.2. The van der Waals surface area contributed by atoms with Crippen molar-refractivity contribution in [1.29, 1.82) is 0 Å². The second-order valence-corrected chi connectivity index (χ2v) is 4.93. The Morgan fingerprint density at radius 2 is 1.82 bits per heavy atom. The van der Waals surface area contributed by atoms with Gasteiger partial charge >= 0.3 is 0 Å². The molecule has 3 rings (SSSR count). The first kappa shape index (κ1) is 13.9. The van der Waals surface area contributed by atoms with Crippen molar-refractivity contribution in [1.82, 2.24) is 24.7 Å². The lowest BCUT2D eigenvalue weighted by molar-refractivity contribution is 0.102. The van der Waals surface area contributed by atoms with Crippen molar-refractivity contribution in [2.75, 3.05) is 5.32 Å². The summed E-state index contributed by atoms with van der Waals surface area (Å²) in [5.74, 6) is 0.725. The van der Waals surface area contributed by atoms with Crippen LogP contribution in [0.4, 0.5) is 5.82 Å². The first-order valence-corrected chi connectivity index (χ1v) is 6.68. The fourth-order valence-electron chi connectivity index (χ4n) is 2.16. The van der Waals surface area contributed by atoms with Gasteiger partial charge in [-0.3, -0.25) is 4.79 Å². The normalized spacial score (nSPS) is 10.5. The minimum atomic E-state index is -0.213. The lowest BCUT2D eigenvalue weighted by Gasteiger charge is -2.07. The third-order valence-electron chi connectivity index (χ3n) is 3.03. The van der Waals surface area contributed by atoms with Crippen molar-refractivity contribution in [2.45, 2.75) is 13.8 Å². The highest BCUT2D eigenvalue weighted by molar-refractivity contribution is 6.04. The number of aryl methyl sites for hydroxylation is 2. The summed E-state index contributed by atoms with van der Waals surface area (Å²) >= 11 is 0. The van der Waals surface area contributed by atoms with E-state index in [0.29, 0.717) is 17.2 Å². The van der Waals surface area contributed by atoms with E-state index in [1.807, 2.05) is 32.0 Å².